The fraction of sp³-hybridized carbons (Fsp3) is 0.235. The molecule has 7 nitrogen and oxygen atoms in total. The number of amides is 3. The van der Waals surface area contributed by atoms with Gasteiger partial charge in [-0.15, -0.1) is 0 Å². The highest BCUT2D eigenvalue weighted by Crippen LogP contribution is 2.33. The molecule has 0 aliphatic carbocycles. The van der Waals surface area contributed by atoms with Crippen molar-refractivity contribution in [2.24, 2.45) is 0 Å². The summed E-state index contributed by atoms with van der Waals surface area (Å²) in [5, 5.41) is 0. The summed E-state index contributed by atoms with van der Waals surface area (Å²) in [6, 6.07) is 3.60. The number of carbonyl (C=O) groups is 2. The summed E-state index contributed by atoms with van der Waals surface area (Å²) in [6.45, 7) is 1.63. The standard InChI is InChI=1S/C17H13BrF3N3O4S/c1-10-15(25)24(16(26)23(10)9-11-6-7-22-8-14(11)18)12-2-4-13(5-3-12)29(27,28)17(19,20)21/h2-8,10H,9H2,1H3. The van der Waals surface area contributed by atoms with Crippen LogP contribution >= 0.6 is 15.9 Å². The maximum absolute atomic E-state index is 12.8. The lowest BCUT2D eigenvalue weighted by atomic mass is 10.2. The van der Waals surface area contributed by atoms with Crippen LogP contribution in [0.1, 0.15) is 12.5 Å². The second-order valence-corrected chi connectivity index (χ2v) is 8.97. The van der Waals surface area contributed by atoms with E-state index in [0.29, 0.717) is 22.2 Å². The number of alkyl halides is 3. The molecule has 0 spiro atoms. The van der Waals surface area contributed by atoms with Crippen LogP contribution in [0.4, 0.5) is 23.7 Å². The van der Waals surface area contributed by atoms with E-state index in [4.69, 9.17) is 0 Å². The lowest BCUT2D eigenvalue weighted by molar-refractivity contribution is -0.119. The van der Waals surface area contributed by atoms with Gasteiger partial charge in [0.25, 0.3) is 15.7 Å². The van der Waals surface area contributed by atoms with E-state index in [2.05, 4.69) is 20.9 Å². The van der Waals surface area contributed by atoms with Crippen molar-refractivity contribution >= 4 is 43.4 Å². The molecule has 12 heteroatoms. The van der Waals surface area contributed by atoms with Crippen molar-refractivity contribution in [3.8, 4) is 0 Å². The lowest BCUT2D eigenvalue weighted by Crippen LogP contribution is -2.33. The average Bonchev–Trinajstić information content (AvgIpc) is 2.86. The van der Waals surface area contributed by atoms with Crippen LogP contribution in [0, 0.1) is 0 Å². The highest BCUT2D eigenvalue weighted by Gasteiger charge is 2.47. The first-order chi connectivity index (χ1) is 13.4. The molecule has 1 saturated heterocycles. The Morgan fingerprint density at radius 1 is 1.14 bits per heavy atom. The van der Waals surface area contributed by atoms with Crippen LogP contribution in [0.25, 0.3) is 0 Å². The van der Waals surface area contributed by atoms with Crippen molar-refractivity contribution in [3.05, 3.63) is 52.8 Å². The first kappa shape index (κ1) is 21.2. The van der Waals surface area contributed by atoms with Crippen molar-refractivity contribution in [1.29, 1.82) is 0 Å². The minimum atomic E-state index is -5.52. The summed E-state index contributed by atoms with van der Waals surface area (Å²) in [6.07, 6.45) is 3.07. The zero-order valence-corrected chi connectivity index (χ0v) is 17.1. The number of hydrogen-bond acceptors (Lipinski definition) is 5. The van der Waals surface area contributed by atoms with E-state index >= 15 is 0 Å². The molecule has 0 bridgehead atoms. The Labute approximate surface area is 172 Å². The van der Waals surface area contributed by atoms with Crippen LogP contribution in [0.2, 0.25) is 0 Å². The molecular formula is C17H13BrF3N3O4S. The number of sulfone groups is 1. The highest BCUT2D eigenvalue weighted by molar-refractivity contribution is 9.10. The van der Waals surface area contributed by atoms with E-state index in [1.165, 1.54) is 18.0 Å². The lowest BCUT2D eigenvalue weighted by Gasteiger charge is -2.20. The Bertz CT molecular complexity index is 1070. The molecule has 3 amide bonds. The number of hydrogen-bond donors (Lipinski definition) is 0. The van der Waals surface area contributed by atoms with Gasteiger partial charge in [-0.05, 0) is 58.7 Å². The number of imide groups is 1. The first-order valence-electron chi connectivity index (χ1n) is 8.09. The fourth-order valence-electron chi connectivity index (χ4n) is 2.77. The van der Waals surface area contributed by atoms with Gasteiger partial charge in [0.1, 0.15) is 6.04 Å². The number of benzene rings is 1. The van der Waals surface area contributed by atoms with E-state index in [1.807, 2.05) is 0 Å². The predicted octanol–water partition coefficient (Wildman–Crippen LogP) is 3.49. The summed E-state index contributed by atoms with van der Waals surface area (Å²) in [7, 11) is -5.52. The number of rotatable bonds is 4. The summed E-state index contributed by atoms with van der Waals surface area (Å²) in [4.78, 5) is 30.4. The van der Waals surface area contributed by atoms with Crippen LogP contribution in [0.15, 0.2) is 52.1 Å². The molecule has 2 heterocycles. The molecule has 0 saturated carbocycles. The maximum atomic E-state index is 12.8. The maximum Gasteiger partial charge on any atom is 0.501 e. The van der Waals surface area contributed by atoms with Crippen molar-refractivity contribution in [3.63, 3.8) is 0 Å². The first-order valence-corrected chi connectivity index (χ1v) is 10.4. The molecule has 1 fully saturated rings. The topological polar surface area (TPSA) is 87.7 Å². The number of aromatic nitrogens is 1. The molecule has 154 valence electrons. The Morgan fingerprint density at radius 2 is 1.76 bits per heavy atom. The number of urea groups is 1. The Morgan fingerprint density at radius 3 is 2.31 bits per heavy atom. The predicted molar refractivity (Wildman–Crippen MR) is 99.5 cm³/mol. The van der Waals surface area contributed by atoms with Gasteiger partial charge >= 0.3 is 11.5 Å². The number of nitrogens with zero attached hydrogens (tertiary/aromatic N) is 3. The van der Waals surface area contributed by atoms with Crippen LogP contribution < -0.4 is 4.90 Å². The largest absolute Gasteiger partial charge is 0.501 e. The Balaban J connectivity index is 1.89. The van der Waals surface area contributed by atoms with Gasteiger partial charge in [-0.3, -0.25) is 9.78 Å². The van der Waals surface area contributed by atoms with Gasteiger partial charge in [-0.2, -0.15) is 13.2 Å². The minimum absolute atomic E-state index is 0.0238. The van der Waals surface area contributed by atoms with E-state index in [0.717, 1.165) is 17.0 Å². The molecule has 0 N–H and O–H groups in total. The third kappa shape index (κ3) is 3.73. The Hall–Kier alpha value is -2.47. The summed E-state index contributed by atoms with van der Waals surface area (Å²) in [5.74, 6) is -0.577. The monoisotopic (exact) mass is 491 g/mol. The van der Waals surface area contributed by atoms with Crippen LogP contribution in [-0.4, -0.2) is 41.8 Å². The van der Waals surface area contributed by atoms with Crippen molar-refractivity contribution in [2.75, 3.05) is 4.90 Å². The second kappa shape index (κ2) is 7.41. The van der Waals surface area contributed by atoms with Gasteiger partial charge in [-0.1, -0.05) is 0 Å². The third-order valence-corrected chi connectivity index (χ3v) is 6.61. The molecule has 1 aromatic carbocycles. The Kier molecular flexibility index (Phi) is 5.43. The third-order valence-electron chi connectivity index (χ3n) is 4.39. The second-order valence-electron chi connectivity index (χ2n) is 6.17. The van der Waals surface area contributed by atoms with Gasteiger partial charge in [0, 0.05) is 23.4 Å². The summed E-state index contributed by atoms with van der Waals surface area (Å²) < 4.78 is 61.6. The molecular weight excluding hydrogens is 479 g/mol. The molecule has 3 rings (SSSR count). The minimum Gasteiger partial charge on any atom is -0.308 e. The van der Waals surface area contributed by atoms with E-state index in [1.54, 1.807) is 12.3 Å². The fourth-order valence-corrected chi connectivity index (χ4v) is 3.91. The van der Waals surface area contributed by atoms with E-state index < -0.39 is 38.2 Å². The van der Waals surface area contributed by atoms with Gasteiger partial charge < -0.3 is 4.90 Å². The van der Waals surface area contributed by atoms with Gasteiger partial charge in [0.05, 0.1) is 10.6 Å². The molecule has 29 heavy (non-hydrogen) atoms. The zero-order valence-electron chi connectivity index (χ0n) is 14.7. The summed E-state index contributed by atoms with van der Waals surface area (Å²) in [5.41, 5.74) is -4.76. The summed E-state index contributed by atoms with van der Waals surface area (Å²) >= 11 is 3.31. The van der Waals surface area contributed by atoms with Crippen LogP contribution in [0.5, 0.6) is 0 Å². The molecule has 1 aromatic heterocycles. The molecule has 2 aromatic rings. The number of anilines is 1. The van der Waals surface area contributed by atoms with E-state index in [9.17, 15) is 31.2 Å². The quantitative estimate of drug-likeness (QED) is 0.610. The average molecular weight is 492 g/mol. The van der Waals surface area contributed by atoms with Crippen LogP contribution in [0.3, 0.4) is 0 Å². The molecule has 1 aliphatic rings. The van der Waals surface area contributed by atoms with Gasteiger partial charge in [0.2, 0.25) is 0 Å². The number of pyridine rings is 1. The van der Waals surface area contributed by atoms with Crippen LogP contribution in [-0.2, 0) is 21.2 Å². The van der Waals surface area contributed by atoms with Crippen molar-refractivity contribution in [2.45, 2.75) is 29.9 Å². The van der Waals surface area contributed by atoms with Crippen molar-refractivity contribution < 1.29 is 31.2 Å². The normalized spacial score (nSPS) is 17.9. The molecule has 1 unspecified atom stereocenters. The molecule has 1 atom stereocenters. The van der Waals surface area contributed by atoms with Crippen molar-refractivity contribution in [1.82, 2.24) is 9.88 Å². The number of carbonyl (C=O) groups excluding carboxylic acids is 2. The SMILES string of the molecule is CC1C(=O)N(c2ccc(S(=O)(=O)C(F)(F)F)cc2)C(=O)N1Cc1ccncc1Br. The molecule has 1 aliphatic heterocycles. The van der Waals surface area contributed by atoms with Gasteiger partial charge in [0.15, 0.2) is 0 Å². The molecule has 0 radical (unpaired) electrons. The highest BCUT2D eigenvalue weighted by atomic mass is 79.9. The number of halogens is 4. The smallest absolute Gasteiger partial charge is 0.308 e. The zero-order chi connectivity index (χ0) is 21.6. The van der Waals surface area contributed by atoms with E-state index in [-0.39, 0.29) is 12.2 Å². The van der Waals surface area contributed by atoms with Gasteiger partial charge in [-0.25, -0.2) is 18.1 Å².